The van der Waals surface area contributed by atoms with Gasteiger partial charge in [-0.2, -0.15) is 0 Å². The van der Waals surface area contributed by atoms with E-state index in [0.29, 0.717) is 47.6 Å². The van der Waals surface area contributed by atoms with E-state index in [2.05, 4.69) is 10.6 Å². The maximum absolute atomic E-state index is 13.1. The first-order valence-corrected chi connectivity index (χ1v) is 13.1. The highest BCUT2D eigenvalue weighted by molar-refractivity contribution is 6.01. The second-order valence-electron chi connectivity index (χ2n) is 9.07. The van der Waals surface area contributed by atoms with Gasteiger partial charge in [-0.1, -0.05) is 72.8 Å². The normalized spacial score (nSPS) is 11.7. The maximum Gasteiger partial charge on any atom is 0.412 e. The van der Waals surface area contributed by atoms with Gasteiger partial charge in [0, 0.05) is 10.9 Å². The van der Waals surface area contributed by atoms with Crippen LogP contribution in [0.15, 0.2) is 103 Å². The summed E-state index contributed by atoms with van der Waals surface area (Å²) in [7, 11) is 0. The first-order valence-electron chi connectivity index (χ1n) is 13.1. The third-order valence-electron chi connectivity index (χ3n) is 6.22. The molecule has 0 aliphatic rings. The maximum atomic E-state index is 13.1. The third-order valence-corrected chi connectivity index (χ3v) is 6.22. The molecule has 0 fully saturated rings. The molecule has 1 atom stereocenters. The van der Waals surface area contributed by atoms with Gasteiger partial charge in [0.25, 0.3) is 0 Å². The molecule has 4 rings (SSSR count). The summed E-state index contributed by atoms with van der Waals surface area (Å²) in [6.07, 6.45) is 3.74. The minimum Gasteiger partial charge on any atom is -0.491 e. The van der Waals surface area contributed by atoms with Gasteiger partial charge in [-0.3, -0.25) is 10.1 Å². The lowest BCUT2D eigenvalue weighted by Gasteiger charge is -2.21. The Hall–Kier alpha value is -4.82. The number of nitrogens with two attached hydrogens (primary N) is 1. The Kier molecular flexibility index (Phi) is 10.1. The van der Waals surface area contributed by atoms with Crippen molar-refractivity contribution in [1.29, 1.82) is 0 Å². The van der Waals surface area contributed by atoms with Gasteiger partial charge in [0.1, 0.15) is 18.5 Å². The van der Waals surface area contributed by atoms with Crippen molar-refractivity contribution in [3.63, 3.8) is 0 Å². The zero-order valence-electron chi connectivity index (χ0n) is 22.1. The summed E-state index contributed by atoms with van der Waals surface area (Å²) in [6, 6.07) is 27.8. The highest BCUT2D eigenvalue weighted by Crippen LogP contribution is 2.32. The molecule has 206 valence electrons. The molecule has 0 radical (unpaired) electrons. The molecule has 0 aromatic heterocycles. The topological polar surface area (TPSA) is 123 Å². The predicted molar refractivity (Wildman–Crippen MR) is 158 cm³/mol. The molecule has 0 heterocycles. The zero-order valence-corrected chi connectivity index (χ0v) is 22.1. The molecule has 0 saturated heterocycles. The van der Waals surface area contributed by atoms with E-state index >= 15 is 0 Å². The number of unbranched alkanes of at least 4 members (excludes halogenated alkanes) is 1. The van der Waals surface area contributed by atoms with Gasteiger partial charge in [0.05, 0.1) is 23.7 Å². The lowest BCUT2D eigenvalue weighted by atomic mass is 10.0. The quantitative estimate of drug-likeness (QED) is 0.0932. The van der Waals surface area contributed by atoms with Crippen molar-refractivity contribution in [2.45, 2.75) is 25.4 Å². The number of hydrogen-bond acceptors (Lipinski definition) is 6. The Morgan fingerprint density at radius 3 is 2.45 bits per heavy atom. The fourth-order valence-corrected chi connectivity index (χ4v) is 4.31. The Morgan fingerprint density at radius 1 is 0.875 bits per heavy atom. The lowest BCUT2D eigenvalue weighted by molar-refractivity contribution is -0.111. The number of hydrogen-bond donors (Lipinski definition) is 4. The van der Waals surface area contributed by atoms with Crippen LogP contribution >= 0.6 is 0 Å². The summed E-state index contributed by atoms with van der Waals surface area (Å²) in [6.45, 7) is -0.0153. The summed E-state index contributed by atoms with van der Waals surface area (Å²) in [4.78, 5) is 25.3. The number of carbonyl (C=O) groups is 2. The third kappa shape index (κ3) is 7.85. The molecule has 0 aliphatic carbocycles. The van der Waals surface area contributed by atoms with E-state index in [9.17, 15) is 14.7 Å². The van der Waals surface area contributed by atoms with Gasteiger partial charge < -0.3 is 25.6 Å². The number of amides is 2. The van der Waals surface area contributed by atoms with E-state index < -0.39 is 12.2 Å². The average molecular weight is 540 g/mol. The fraction of sp³-hybridized carbons (Fsp3) is 0.188. The molecular formula is C32H33N3O5. The van der Waals surface area contributed by atoms with Gasteiger partial charge in [0.2, 0.25) is 5.91 Å². The van der Waals surface area contributed by atoms with Crippen LogP contribution in [-0.4, -0.2) is 30.3 Å². The van der Waals surface area contributed by atoms with Crippen LogP contribution in [0.25, 0.3) is 10.8 Å². The SMILES string of the molecule is Nc1ccccc1NC(=O)/C=C/CCC[C@@H](OC(=O)Nc1cccc2ccccc12)c1ccccc1OCCO. The molecule has 0 spiro atoms. The van der Waals surface area contributed by atoms with Crippen molar-refractivity contribution in [3.05, 3.63) is 109 Å². The average Bonchev–Trinajstić information content (AvgIpc) is 2.97. The summed E-state index contributed by atoms with van der Waals surface area (Å²) in [5, 5.41) is 16.8. The van der Waals surface area contributed by atoms with Crippen molar-refractivity contribution in [2.24, 2.45) is 0 Å². The van der Waals surface area contributed by atoms with Crippen molar-refractivity contribution >= 4 is 39.8 Å². The Balaban J connectivity index is 1.42. The molecule has 4 aromatic carbocycles. The van der Waals surface area contributed by atoms with Gasteiger partial charge in [-0.05, 0) is 55.0 Å². The van der Waals surface area contributed by atoms with Gasteiger partial charge in [0.15, 0.2) is 0 Å². The molecule has 0 saturated carbocycles. The highest BCUT2D eigenvalue weighted by atomic mass is 16.6. The van der Waals surface area contributed by atoms with E-state index in [1.165, 1.54) is 6.08 Å². The molecule has 8 nitrogen and oxygen atoms in total. The summed E-state index contributed by atoms with van der Waals surface area (Å²) in [5.74, 6) is 0.262. The van der Waals surface area contributed by atoms with E-state index in [1.54, 1.807) is 36.4 Å². The molecule has 0 bridgehead atoms. The number of allylic oxidation sites excluding steroid dienone is 1. The van der Waals surface area contributed by atoms with Crippen LogP contribution in [0, 0.1) is 0 Å². The monoisotopic (exact) mass is 539 g/mol. The van der Waals surface area contributed by atoms with Crippen molar-refractivity contribution in [2.75, 3.05) is 29.6 Å². The van der Waals surface area contributed by atoms with Crippen molar-refractivity contribution in [3.8, 4) is 5.75 Å². The van der Waals surface area contributed by atoms with Gasteiger partial charge >= 0.3 is 6.09 Å². The number of aliphatic hydroxyl groups excluding tert-OH is 1. The number of fused-ring (bicyclic) bond motifs is 1. The van der Waals surface area contributed by atoms with Gasteiger partial charge in [-0.15, -0.1) is 0 Å². The number of rotatable bonds is 12. The standard InChI is InChI=1S/C32H33N3O5/c33-26-15-7-8-16-28(26)34-31(37)20-3-1-2-19-30(25-14-6-9-18-29(25)39-22-21-36)40-32(38)35-27-17-10-12-23-11-4-5-13-24(23)27/h3-18,20,30,36H,1-2,19,21-22,33H2,(H,34,37)(H,35,38)/b20-3+/t30-/m1/s1. The van der Waals surface area contributed by atoms with Crippen molar-refractivity contribution < 1.29 is 24.2 Å². The molecule has 8 heteroatoms. The largest absolute Gasteiger partial charge is 0.491 e. The number of ether oxygens (including phenoxy) is 2. The molecule has 5 N–H and O–H groups in total. The van der Waals surface area contributed by atoms with Crippen molar-refractivity contribution in [1.82, 2.24) is 0 Å². The Bertz CT molecular complexity index is 1460. The number of para-hydroxylation sites is 3. The van der Waals surface area contributed by atoms with E-state index in [4.69, 9.17) is 15.2 Å². The van der Waals surface area contributed by atoms with Crippen LogP contribution in [0.5, 0.6) is 5.75 Å². The number of benzene rings is 4. The fourth-order valence-electron chi connectivity index (χ4n) is 4.31. The first-order chi connectivity index (χ1) is 19.5. The number of anilines is 3. The van der Waals surface area contributed by atoms with E-state index in [-0.39, 0.29) is 19.1 Å². The first kappa shape index (κ1) is 28.2. The van der Waals surface area contributed by atoms with E-state index in [1.807, 2.05) is 60.7 Å². The Labute approximate surface area is 233 Å². The number of nitrogens with one attached hydrogen (secondary N) is 2. The summed E-state index contributed by atoms with van der Waals surface area (Å²) >= 11 is 0. The van der Waals surface area contributed by atoms with Gasteiger partial charge in [-0.25, -0.2) is 4.79 Å². The molecule has 40 heavy (non-hydrogen) atoms. The Morgan fingerprint density at radius 2 is 1.60 bits per heavy atom. The molecule has 0 aliphatic heterocycles. The smallest absolute Gasteiger partial charge is 0.412 e. The van der Waals surface area contributed by atoms with Crippen LogP contribution < -0.4 is 21.1 Å². The zero-order chi connectivity index (χ0) is 28.2. The lowest BCUT2D eigenvalue weighted by Crippen LogP contribution is -2.18. The summed E-state index contributed by atoms with van der Waals surface area (Å²) < 4.78 is 11.6. The number of nitrogen functional groups attached to an aromatic ring is 1. The van der Waals surface area contributed by atoms with Crippen LogP contribution in [0.2, 0.25) is 0 Å². The second-order valence-corrected chi connectivity index (χ2v) is 9.07. The minimum atomic E-state index is -0.615. The molecule has 4 aromatic rings. The van der Waals surface area contributed by atoms with Crippen LogP contribution in [-0.2, 0) is 9.53 Å². The molecule has 0 unspecified atom stereocenters. The molecule has 2 amide bonds. The van der Waals surface area contributed by atoms with Crippen LogP contribution in [0.1, 0.15) is 30.9 Å². The molecular weight excluding hydrogens is 506 g/mol. The number of aliphatic hydroxyl groups is 1. The minimum absolute atomic E-state index is 0.121. The number of carbonyl (C=O) groups excluding carboxylic acids is 2. The second kappa shape index (κ2) is 14.4. The highest BCUT2D eigenvalue weighted by Gasteiger charge is 2.21. The van der Waals surface area contributed by atoms with E-state index in [0.717, 1.165) is 10.8 Å². The predicted octanol–water partition coefficient (Wildman–Crippen LogP) is 6.45. The van der Waals surface area contributed by atoms with Crippen LogP contribution in [0.3, 0.4) is 0 Å². The summed E-state index contributed by atoms with van der Waals surface area (Å²) in [5.41, 5.74) is 8.29. The van der Waals surface area contributed by atoms with Crippen LogP contribution in [0.4, 0.5) is 21.9 Å².